The highest BCUT2D eigenvalue weighted by atomic mass is 32.2. The number of hydrogen-bond donors (Lipinski definition) is 1. The van der Waals surface area contributed by atoms with Crippen molar-refractivity contribution >= 4 is 21.4 Å². The highest BCUT2D eigenvalue weighted by Crippen LogP contribution is 2.28. The molecular formula is C14H13F2N5O3S2. The summed E-state index contributed by atoms with van der Waals surface area (Å²) in [5.74, 6) is -0.867. The first-order chi connectivity index (χ1) is 12.4. The Bertz CT molecular complexity index is 975. The summed E-state index contributed by atoms with van der Waals surface area (Å²) in [6, 6.07) is 5.03. The third-order valence-electron chi connectivity index (χ3n) is 3.39. The monoisotopic (exact) mass is 401 g/mol. The van der Waals surface area contributed by atoms with Gasteiger partial charge in [-0.3, -0.25) is 4.98 Å². The quantitative estimate of drug-likeness (QED) is 0.648. The summed E-state index contributed by atoms with van der Waals surface area (Å²) in [6.45, 7) is 1.47. The molecule has 3 aromatic heterocycles. The van der Waals surface area contributed by atoms with E-state index >= 15 is 0 Å². The van der Waals surface area contributed by atoms with Gasteiger partial charge in [-0.05, 0) is 19.1 Å². The number of nitrogens with zero attached hydrogens (tertiary/aromatic N) is 4. The Labute approximate surface area is 151 Å². The second kappa shape index (κ2) is 7.51. The van der Waals surface area contributed by atoms with Gasteiger partial charge in [0.2, 0.25) is 10.0 Å². The van der Waals surface area contributed by atoms with E-state index in [9.17, 15) is 17.2 Å². The van der Waals surface area contributed by atoms with Gasteiger partial charge in [0.1, 0.15) is 15.1 Å². The predicted molar refractivity (Wildman–Crippen MR) is 88.8 cm³/mol. The van der Waals surface area contributed by atoms with Gasteiger partial charge in [-0.1, -0.05) is 6.07 Å². The fraction of sp³-hybridized carbons (Fsp3) is 0.286. The van der Waals surface area contributed by atoms with E-state index in [0.717, 1.165) is 11.3 Å². The molecule has 138 valence electrons. The van der Waals surface area contributed by atoms with Crippen LogP contribution >= 0.6 is 11.3 Å². The van der Waals surface area contributed by atoms with Gasteiger partial charge in [-0.2, -0.15) is 8.78 Å². The molecule has 0 aliphatic rings. The minimum Gasteiger partial charge on any atom is -0.414 e. The van der Waals surface area contributed by atoms with Crippen LogP contribution in [-0.4, -0.2) is 28.6 Å². The van der Waals surface area contributed by atoms with E-state index in [1.807, 2.05) is 0 Å². The highest BCUT2D eigenvalue weighted by molar-refractivity contribution is 7.89. The van der Waals surface area contributed by atoms with Crippen LogP contribution in [0.4, 0.5) is 8.78 Å². The van der Waals surface area contributed by atoms with Crippen molar-refractivity contribution < 1.29 is 21.6 Å². The third kappa shape index (κ3) is 4.08. The number of alkyl halides is 2. The summed E-state index contributed by atoms with van der Waals surface area (Å²) in [6.07, 6.45) is 0.0229. The minimum absolute atomic E-state index is 0.0555. The van der Waals surface area contributed by atoms with Crippen LogP contribution in [0.2, 0.25) is 0 Å². The van der Waals surface area contributed by atoms with Crippen LogP contribution in [0.25, 0.3) is 10.8 Å². The van der Waals surface area contributed by atoms with Crippen LogP contribution in [0.5, 0.6) is 0 Å². The van der Waals surface area contributed by atoms with Gasteiger partial charge in [-0.25, -0.2) is 18.1 Å². The Morgan fingerprint density at radius 1 is 1.27 bits per heavy atom. The minimum atomic E-state index is -3.67. The van der Waals surface area contributed by atoms with Crippen LogP contribution in [-0.2, 0) is 16.6 Å². The number of halogens is 2. The summed E-state index contributed by atoms with van der Waals surface area (Å²) in [5, 5.41) is 6.35. The van der Waals surface area contributed by atoms with E-state index in [1.165, 1.54) is 19.3 Å². The molecule has 0 amide bonds. The lowest BCUT2D eigenvalue weighted by atomic mass is 10.3. The van der Waals surface area contributed by atoms with E-state index in [0.29, 0.717) is 15.6 Å². The van der Waals surface area contributed by atoms with Crippen molar-refractivity contribution in [1.29, 1.82) is 0 Å². The third-order valence-corrected chi connectivity index (χ3v) is 6.09. The first-order valence-corrected chi connectivity index (χ1v) is 9.69. The maximum atomic E-state index is 12.5. The van der Waals surface area contributed by atoms with Gasteiger partial charge in [0.25, 0.3) is 11.8 Å². The van der Waals surface area contributed by atoms with Crippen molar-refractivity contribution in [3.63, 3.8) is 0 Å². The van der Waals surface area contributed by atoms with Gasteiger partial charge in [0.15, 0.2) is 0 Å². The molecule has 0 aromatic carbocycles. The lowest BCUT2D eigenvalue weighted by Crippen LogP contribution is -2.27. The maximum Gasteiger partial charge on any atom is 0.314 e. The molecule has 8 nitrogen and oxygen atoms in total. The fourth-order valence-corrected chi connectivity index (χ4v) is 3.89. The molecule has 0 saturated carbocycles. The summed E-state index contributed by atoms with van der Waals surface area (Å²) < 4.78 is 57.0. The average Bonchev–Trinajstić information content (AvgIpc) is 3.29. The predicted octanol–water partition coefficient (Wildman–Crippen LogP) is 2.71. The van der Waals surface area contributed by atoms with Crippen molar-refractivity contribution in [3.05, 3.63) is 47.2 Å². The molecule has 0 spiro atoms. The molecule has 0 fully saturated rings. The second-order valence-corrected chi connectivity index (χ2v) is 8.33. The Kier molecular flexibility index (Phi) is 5.34. The smallest absolute Gasteiger partial charge is 0.314 e. The number of hydrogen-bond acceptors (Lipinski definition) is 8. The zero-order chi connectivity index (χ0) is 18.7. The van der Waals surface area contributed by atoms with Gasteiger partial charge in [-0.15, -0.1) is 21.5 Å². The molecule has 0 bridgehead atoms. The average molecular weight is 401 g/mol. The molecule has 26 heavy (non-hydrogen) atoms. The number of sulfonamides is 1. The number of aromatic nitrogens is 4. The summed E-state index contributed by atoms with van der Waals surface area (Å²) in [4.78, 5) is 8.45. The molecule has 1 N–H and O–H groups in total. The van der Waals surface area contributed by atoms with Crippen molar-refractivity contribution in [1.82, 2.24) is 24.9 Å². The summed E-state index contributed by atoms with van der Waals surface area (Å²) >= 11 is 1.06. The van der Waals surface area contributed by atoms with E-state index in [-0.39, 0.29) is 12.4 Å². The molecule has 3 aromatic rings. The number of nitrogens with one attached hydrogen (secondary N) is 1. The van der Waals surface area contributed by atoms with Crippen molar-refractivity contribution in [2.45, 2.75) is 25.1 Å². The van der Waals surface area contributed by atoms with Crippen LogP contribution in [0, 0.1) is 0 Å². The standard InChI is InChI=1S/C14H13F2N5O3S2/c1-8(9-4-2-3-5-17-9)26(22,23)19-7-11-18-6-10(25-11)13-20-21-14(24-13)12(15)16/h2-6,8,12,19H,7H2,1H3. The summed E-state index contributed by atoms with van der Waals surface area (Å²) in [5.41, 5.74) is 0.421. The SMILES string of the molecule is CC(c1ccccn1)S(=O)(=O)NCc1ncc(-c2nnc(C(F)F)o2)s1. The van der Waals surface area contributed by atoms with Crippen molar-refractivity contribution in [3.8, 4) is 10.8 Å². The van der Waals surface area contributed by atoms with E-state index in [1.54, 1.807) is 18.2 Å². The Morgan fingerprint density at radius 2 is 2.08 bits per heavy atom. The van der Waals surface area contributed by atoms with Gasteiger partial charge < -0.3 is 4.42 Å². The molecule has 1 unspecified atom stereocenters. The van der Waals surface area contributed by atoms with Crippen molar-refractivity contribution in [2.75, 3.05) is 0 Å². The Hall–Kier alpha value is -2.31. The first kappa shape index (κ1) is 18.5. The van der Waals surface area contributed by atoms with Crippen LogP contribution in [0.1, 0.15) is 35.2 Å². The molecule has 0 aliphatic heterocycles. The normalized spacial score (nSPS) is 13.2. The van der Waals surface area contributed by atoms with Crippen molar-refractivity contribution in [2.24, 2.45) is 0 Å². The molecule has 0 aliphatic carbocycles. The molecule has 1 atom stereocenters. The number of rotatable bonds is 7. The lowest BCUT2D eigenvalue weighted by molar-refractivity contribution is 0.116. The number of pyridine rings is 1. The summed E-state index contributed by atoms with van der Waals surface area (Å²) in [7, 11) is -3.67. The lowest BCUT2D eigenvalue weighted by Gasteiger charge is -2.12. The molecule has 3 rings (SSSR count). The first-order valence-electron chi connectivity index (χ1n) is 7.33. The Balaban J connectivity index is 1.67. The van der Waals surface area contributed by atoms with Crippen LogP contribution in [0.15, 0.2) is 35.0 Å². The van der Waals surface area contributed by atoms with Gasteiger partial charge >= 0.3 is 6.43 Å². The molecular weight excluding hydrogens is 388 g/mol. The van der Waals surface area contributed by atoms with E-state index in [2.05, 4.69) is 24.9 Å². The van der Waals surface area contributed by atoms with Gasteiger partial charge in [0, 0.05) is 6.20 Å². The van der Waals surface area contributed by atoms with Crippen LogP contribution < -0.4 is 4.72 Å². The fourth-order valence-electron chi connectivity index (χ4n) is 1.98. The molecule has 0 radical (unpaired) electrons. The Morgan fingerprint density at radius 3 is 2.73 bits per heavy atom. The topological polar surface area (TPSA) is 111 Å². The van der Waals surface area contributed by atoms with Crippen LogP contribution in [0.3, 0.4) is 0 Å². The molecule has 12 heteroatoms. The molecule has 3 heterocycles. The van der Waals surface area contributed by atoms with E-state index in [4.69, 9.17) is 4.42 Å². The number of thiazole rings is 1. The van der Waals surface area contributed by atoms with E-state index < -0.39 is 27.6 Å². The molecule has 0 saturated heterocycles. The second-order valence-electron chi connectivity index (χ2n) is 5.13. The zero-order valence-electron chi connectivity index (χ0n) is 13.3. The van der Waals surface area contributed by atoms with Gasteiger partial charge in [0.05, 0.1) is 18.4 Å². The highest BCUT2D eigenvalue weighted by Gasteiger charge is 2.24. The zero-order valence-corrected chi connectivity index (χ0v) is 15.0. The largest absolute Gasteiger partial charge is 0.414 e. The maximum absolute atomic E-state index is 12.5.